The van der Waals surface area contributed by atoms with Crippen LogP contribution in [0.15, 0.2) is 4.99 Å². The third-order valence-electron chi connectivity index (χ3n) is 2.71. The molecule has 3 nitrogen and oxygen atoms in total. The lowest BCUT2D eigenvalue weighted by atomic mass is 10.0. The molecule has 68 valence electrons. The molecule has 12 heavy (non-hydrogen) atoms. The van der Waals surface area contributed by atoms with E-state index in [0.29, 0.717) is 0 Å². The SMILES string of the molecule is C1=NCCCN1C1CCNCC1. The number of hydrogen-bond acceptors (Lipinski definition) is 3. The molecule has 0 radical (unpaired) electrons. The minimum absolute atomic E-state index is 0.760. The van der Waals surface area contributed by atoms with Gasteiger partial charge in [0.25, 0.3) is 0 Å². The van der Waals surface area contributed by atoms with Gasteiger partial charge in [0.1, 0.15) is 0 Å². The Bertz CT molecular complexity index is 161. The normalized spacial score (nSPS) is 26.2. The molecule has 0 aliphatic carbocycles. The quantitative estimate of drug-likeness (QED) is 0.615. The average Bonchev–Trinajstić information content (AvgIpc) is 2.21. The Morgan fingerprint density at radius 2 is 2.17 bits per heavy atom. The summed E-state index contributed by atoms with van der Waals surface area (Å²) in [5, 5.41) is 3.38. The zero-order valence-corrected chi connectivity index (χ0v) is 7.50. The largest absolute Gasteiger partial charge is 0.360 e. The van der Waals surface area contributed by atoms with Gasteiger partial charge in [-0.3, -0.25) is 4.99 Å². The van der Waals surface area contributed by atoms with Crippen molar-refractivity contribution < 1.29 is 0 Å². The van der Waals surface area contributed by atoms with Crippen LogP contribution < -0.4 is 5.32 Å². The summed E-state index contributed by atoms with van der Waals surface area (Å²) in [6.45, 7) is 4.60. The third-order valence-corrected chi connectivity index (χ3v) is 2.71. The van der Waals surface area contributed by atoms with Crippen LogP contribution in [0.2, 0.25) is 0 Å². The lowest BCUT2D eigenvalue weighted by Gasteiger charge is -2.34. The van der Waals surface area contributed by atoms with Crippen LogP contribution in [-0.2, 0) is 0 Å². The second-order valence-corrected chi connectivity index (χ2v) is 3.59. The van der Waals surface area contributed by atoms with E-state index >= 15 is 0 Å². The molecule has 2 aliphatic rings. The van der Waals surface area contributed by atoms with E-state index in [9.17, 15) is 0 Å². The predicted molar refractivity (Wildman–Crippen MR) is 50.6 cm³/mol. The van der Waals surface area contributed by atoms with Gasteiger partial charge in [0.2, 0.25) is 0 Å². The van der Waals surface area contributed by atoms with Crippen LogP contribution in [0.1, 0.15) is 19.3 Å². The number of rotatable bonds is 1. The Morgan fingerprint density at radius 1 is 1.33 bits per heavy atom. The van der Waals surface area contributed by atoms with Gasteiger partial charge in [-0.05, 0) is 32.4 Å². The third kappa shape index (κ3) is 1.78. The van der Waals surface area contributed by atoms with Crippen LogP contribution >= 0.6 is 0 Å². The van der Waals surface area contributed by atoms with Crippen LogP contribution in [0.25, 0.3) is 0 Å². The maximum absolute atomic E-state index is 4.31. The number of piperidine rings is 1. The topological polar surface area (TPSA) is 27.6 Å². The first-order valence-corrected chi connectivity index (χ1v) is 4.93. The van der Waals surface area contributed by atoms with Crippen molar-refractivity contribution in [2.75, 3.05) is 26.2 Å². The van der Waals surface area contributed by atoms with Gasteiger partial charge in [0, 0.05) is 19.1 Å². The van der Waals surface area contributed by atoms with Crippen molar-refractivity contribution in [3.63, 3.8) is 0 Å². The molecule has 0 aromatic heterocycles. The van der Waals surface area contributed by atoms with E-state index in [1.165, 1.54) is 38.9 Å². The first-order chi connectivity index (χ1) is 5.97. The van der Waals surface area contributed by atoms with Crippen LogP contribution in [0.5, 0.6) is 0 Å². The van der Waals surface area contributed by atoms with Gasteiger partial charge >= 0.3 is 0 Å². The first kappa shape index (κ1) is 8.05. The van der Waals surface area contributed by atoms with Crippen molar-refractivity contribution in [2.45, 2.75) is 25.3 Å². The summed E-state index contributed by atoms with van der Waals surface area (Å²) in [7, 11) is 0. The Labute approximate surface area is 73.9 Å². The Kier molecular flexibility index (Phi) is 2.61. The van der Waals surface area contributed by atoms with Crippen molar-refractivity contribution in [1.82, 2.24) is 10.2 Å². The van der Waals surface area contributed by atoms with Gasteiger partial charge in [-0.25, -0.2) is 0 Å². The maximum Gasteiger partial charge on any atom is 0.0852 e. The Hall–Kier alpha value is -0.570. The van der Waals surface area contributed by atoms with Gasteiger partial charge in [-0.15, -0.1) is 0 Å². The fourth-order valence-electron chi connectivity index (χ4n) is 1.98. The van der Waals surface area contributed by atoms with Gasteiger partial charge < -0.3 is 10.2 Å². The fraction of sp³-hybridized carbons (Fsp3) is 0.889. The summed E-state index contributed by atoms with van der Waals surface area (Å²) in [6.07, 6.45) is 5.86. The molecule has 0 spiro atoms. The number of nitrogens with zero attached hydrogens (tertiary/aromatic N) is 2. The maximum atomic E-state index is 4.31. The summed E-state index contributed by atoms with van der Waals surface area (Å²) in [5.41, 5.74) is 0. The monoisotopic (exact) mass is 167 g/mol. The first-order valence-electron chi connectivity index (χ1n) is 4.93. The molecule has 1 N–H and O–H groups in total. The summed E-state index contributed by atoms with van der Waals surface area (Å²) >= 11 is 0. The molecule has 3 heteroatoms. The van der Waals surface area contributed by atoms with E-state index in [4.69, 9.17) is 0 Å². The molecule has 2 aliphatic heterocycles. The van der Waals surface area contributed by atoms with Crippen molar-refractivity contribution in [3.05, 3.63) is 0 Å². The molecule has 1 fully saturated rings. The number of aliphatic imine (C=N–C) groups is 1. The van der Waals surface area contributed by atoms with Crippen molar-refractivity contribution >= 4 is 6.34 Å². The molecule has 1 saturated heterocycles. The van der Waals surface area contributed by atoms with Gasteiger partial charge in [-0.2, -0.15) is 0 Å². The predicted octanol–water partition coefficient (Wildman–Crippen LogP) is 0.472. The minimum atomic E-state index is 0.760. The molecule has 0 aromatic rings. The smallest absolute Gasteiger partial charge is 0.0852 e. The molecular weight excluding hydrogens is 150 g/mol. The van der Waals surface area contributed by atoms with E-state index in [-0.39, 0.29) is 0 Å². The van der Waals surface area contributed by atoms with Crippen molar-refractivity contribution in [2.24, 2.45) is 4.99 Å². The van der Waals surface area contributed by atoms with Crippen LogP contribution in [0.3, 0.4) is 0 Å². The molecular formula is C9H17N3. The van der Waals surface area contributed by atoms with Gasteiger partial charge in [-0.1, -0.05) is 0 Å². The van der Waals surface area contributed by atoms with Crippen molar-refractivity contribution in [1.29, 1.82) is 0 Å². The molecule has 0 saturated carbocycles. The summed E-state index contributed by atoms with van der Waals surface area (Å²) < 4.78 is 0. The minimum Gasteiger partial charge on any atom is -0.360 e. The van der Waals surface area contributed by atoms with E-state index < -0.39 is 0 Å². The summed E-state index contributed by atoms with van der Waals surface area (Å²) in [4.78, 5) is 6.74. The van der Waals surface area contributed by atoms with E-state index in [1.54, 1.807) is 0 Å². The average molecular weight is 167 g/mol. The van der Waals surface area contributed by atoms with Crippen LogP contribution in [0.4, 0.5) is 0 Å². The molecule has 0 bridgehead atoms. The van der Waals surface area contributed by atoms with E-state index in [0.717, 1.165) is 12.6 Å². The number of hydrogen-bond donors (Lipinski definition) is 1. The number of nitrogens with one attached hydrogen (secondary N) is 1. The van der Waals surface area contributed by atoms with Gasteiger partial charge in [0.15, 0.2) is 0 Å². The fourth-order valence-corrected chi connectivity index (χ4v) is 1.98. The van der Waals surface area contributed by atoms with E-state index in [2.05, 4.69) is 21.5 Å². The lowest BCUT2D eigenvalue weighted by Crippen LogP contribution is -2.44. The highest BCUT2D eigenvalue weighted by molar-refractivity contribution is 5.56. The Morgan fingerprint density at radius 3 is 2.83 bits per heavy atom. The highest BCUT2D eigenvalue weighted by atomic mass is 15.2. The second kappa shape index (κ2) is 3.90. The molecule has 0 unspecified atom stereocenters. The zero-order chi connectivity index (χ0) is 8.23. The standard InChI is InChI=1S/C9H17N3/c1-4-11-8-12(7-1)9-2-5-10-6-3-9/h8-10H,1-7H2. The molecule has 0 aromatic carbocycles. The van der Waals surface area contributed by atoms with Crippen LogP contribution in [-0.4, -0.2) is 43.5 Å². The van der Waals surface area contributed by atoms with Crippen molar-refractivity contribution in [3.8, 4) is 0 Å². The zero-order valence-electron chi connectivity index (χ0n) is 7.50. The highest BCUT2D eigenvalue weighted by Crippen LogP contribution is 2.12. The van der Waals surface area contributed by atoms with Gasteiger partial charge in [0.05, 0.1) is 6.34 Å². The molecule has 2 rings (SSSR count). The summed E-state index contributed by atoms with van der Waals surface area (Å²) in [6, 6.07) is 0.760. The Balaban J connectivity index is 1.88. The van der Waals surface area contributed by atoms with Crippen LogP contribution in [0, 0.1) is 0 Å². The lowest BCUT2D eigenvalue weighted by molar-refractivity contribution is 0.251. The second-order valence-electron chi connectivity index (χ2n) is 3.59. The molecule has 0 atom stereocenters. The molecule has 0 amide bonds. The molecule has 2 heterocycles. The highest BCUT2D eigenvalue weighted by Gasteiger charge is 2.19. The van der Waals surface area contributed by atoms with E-state index in [1.807, 2.05) is 0 Å². The summed E-state index contributed by atoms with van der Waals surface area (Å²) in [5.74, 6) is 0.